The standard InChI is InChI=1S/C17H19ClN6O2/c1-23(2)8-9-24(3)17-22-12-10-11(4-5-13(12)26-17)21-16(25)14-15(18)20-7-6-19-14/h4-7,10H,8-9H2,1-3H3,(H,21,25). The van der Waals surface area contributed by atoms with Crippen molar-refractivity contribution >= 4 is 40.3 Å². The number of nitrogens with one attached hydrogen (secondary N) is 1. The third-order valence-corrected chi connectivity index (χ3v) is 3.99. The summed E-state index contributed by atoms with van der Waals surface area (Å²) in [4.78, 5) is 28.6. The highest BCUT2D eigenvalue weighted by molar-refractivity contribution is 6.32. The second-order valence-corrected chi connectivity index (χ2v) is 6.41. The van der Waals surface area contributed by atoms with Crippen molar-refractivity contribution in [2.75, 3.05) is 44.4 Å². The van der Waals surface area contributed by atoms with E-state index in [4.69, 9.17) is 16.0 Å². The maximum atomic E-state index is 12.3. The Hall–Kier alpha value is -2.71. The number of amides is 1. The summed E-state index contributed by atoms with van der Waals surface area (Å²) in [6, 6.07) is 5.77. The van der Waals surface area contributed by atoms with E-state index in [-0.39, 0.29) is 10.8 Å². The SMILES string of the molecule is CN(C)CCN(C)c1nc2cc(NC(=O)c3nccnc3Cl)ccc2o1. The van der Waals surface area contributed by atoms with Gasteiger partial charge in [-0.1, -0.05) is 11.6 Å². The van der Waals surface area contributed by atoms with Gasteiger partial charge in [0.05, 0.1) is 0 Å². The van der Waals surface area contributed by atoms with E-state index in [0.29, 0.717) is 22.8 Å². The zero-order valence-electron chi connectivity index (χ0n) is 14.7. The van der Waals surface area contributed by atoms with Crippen molar-refractivity contribution in [2.45, 2.75) is 0 Å². The summed E-state index contributed by atoms with van der Waals surface area (Å²) in [5, 5.41) is 2.80. The highest BCUT2D eigenvalue weighted by atomic mass is 35.5. The first-order valence-corrected chi connectivity index (χ1v) is 8.36. The highest BCUT2D eigenvalue weighted by Gasteiger charge is 2.15. The first-order valence-electron chi connectivity index (χ1n) is 7.98. The van der Waals surface area contributed by atoms with Crippen molar-refractivity contribution in [3.8, 4) is 0 Å². The number of anilines is 2. The van der Waals surface area contributed by atoms with Crippen LogP contribution >= 0.6 is 11.6 Å². The first kappa shape index (κ1) is 18.1. The molecule has 8 nitrogen and oxygen atoms in total. The number of oxazole rings is 1. The molecule has 3 rings (SSSR count). The zero-order valence-corrected chi connectivity index (χ0v) is 15.5. The van der Waals surface area contributed by atoms with Gasteiger partial charge in [0.2, 0.25) is 0 Å². The fourth-order valence-electron chi connectivity index (χ4n) is 2.27. The molecule has 0 atom stereocenters. The number of aromatic nitrogens is 3. The number of rotatable bonds is 6. The Morgan fingerprint density at radius 1 is 1.19 bits per heavy atom. The number of nitrogens with zero attached hydrogens (tertiary/aromatic N) is 5. The number of benzene rings is 1. The van der Waals surface area contributed by atoms with Gasteiger partial charge in [-0.15, -0.1) is 0 Å². The van der Waals surface area contributed by atoms with Crippen molar-refractivity contribution < 1.29 is 9.21 Å². The topological polar surface area (TPSA) is 87.4 Å². The summed E-state index contributed by atoms with van der Waals surface area (Å²) < 4.78 is 5.77. The average Bonchev–Trinajstić information content (AvgIpc) is 3.03. The summed E-state index contributed by atoms with van der Waals surface area (Å²) in [6.45, 7) is 1.67. The van der Waals surface area contributed by atoms with E-state index in [0.717, 1.165) is 13.1 Å². The Morgan fingerprint density at radius 3 is 2.69 bits per heavy atom. The summed E-state index contributed by atoms with van der Waals surface area (Å²) in [5.41, 5.74) is 1.94. The Kier molecular flexibility index (Phi) is 5.34. The van der Waals surface area contributed by atoms with Crippen LogP contribution in [0.4, 0.5) is 11.7 Å². The summed E-state index contributed by atoms with van der Waals surface area (Å²) in [7, 11) is 5.95. The van der Waals surface area contributed by atoms with Gasteiger partial charge in [-0.25, -0.2) is 9.97 Å². The van der Waals surface area contributed by atoms with Gasteiger partial charge < -0.3 is 19.5 Å². The molecule has 3 aromatic rings. The second kappa shape index (κ2) is 7.67. The van der Waals surface area contributed by atoms with Gasteiger partial charge in [0, 0.05) is 38.2 Å². The molecule has 0 radical (unpaired) electrons. The van der Waals surface area contributed by atoms with Crippen molar-refractivity contribution in [1.29, 1.82) is 0 Å². The molecule has 1 aromatic carbocycles. The third-order valence-electron chi connectivity index (χ3n) is 3.71. The molecule has 9 heteroatoms. The van der Waals surface area contributed by atoms with E-state index in [2.05, 4.69) is 25.2 Å². The molecule has 0 spiro atoms. The zero-order chi connectivity index (χ0) is 18.7. The van der Waals surface area contributed by atoms with Crippen LogP contribution in [0, 0.1) is 0 Å². The number of fused-ring (bicyclic) bond motifs is 1. The Labute approximate surface area is 155 Å². The Bertz CT molecular complexity index is 927. The molecule has 1 N–H and O–H groups in total. The molecule has 0 saturated carbocycles. The minimum atomic E-state index is -0.436. The molecular weight excluding hydrogens is 356 g/mol. The largest absolute Gasteiger partial charge is 0.423 e. The molecule has 0 saturated heterocycles. The van der Waals surface area contributed by atoms with Gasteiger partial charge in [0.1, 0.15) is 5.52 Å². The van der Waals surface area contributed by atoms with Gasteiger partial charge >= 0.3 is 0 Å². The molecule has 26 heavy (non-hydrogen) atoms. The van der Waals surface area contributed by atoms with Gasteiger partial charge in [-0.05, 0) is 32.3 Å². The molecule has 0 bridgehead atoms. The third kappa shape index (κ3) is 4.09. The monoisotopic (exact) mass is 374 g/mol. The minimum Gasteiger partial charge on any atom is -0.423 e. The lowest BCUT2D eigenvalue weighted by Crippen LogP contribution is -2.28. The fourth-order valence-corrected chi connectivity index (χ4v) is 2.46. The lowest BCUT2D eigenvalue weighted by Gasteiger charge is -2.17. The van der Waals surface area contributed by atoms with Crippen LogP contribution in [0.1, 0.15) is 10.5 Å². The highest BCUT2D eigenvalue weighted by Crippen LogP contribution is 2.24. The molecule has 0 aliphatic heterocycles. The number of hydrogen-bond donors (Lipinski definition) is 1. The van der Waals surface area contributed by atoms with Gasteiger partial charge in [0.25, 0.3) is 11.9 Å². The van der Waals surface area contributed by atoms with Crippen LogP contribution in [-0.4, -0.2) is 60.0 Å². The van der Waals surface area contributed by atoms with Crippen molar-refractivity contribution in [3.05, 3.63) is 41.4 Å². The number of carbonyl (C=O) groups is 1. The van der Waals surface area contributed by atoms with Crippen molar-refractivity contribution in [3.63, 3.8) is 0 Å². The smallest absolute Gasteiger partial charge is 0.298 e. The van der Waals surface area contributed by atoms with Crippen LogP contribution in [0.5, 0.6) is 0 Å². The fraction of sp³-hybridized carbons (Fsp3) is 0.294. The van der Waals surface area contributed by atoms with Gasteiger partial charge in [-0.3, -0.25) is 4.79 Å². The first-order chi connectivity index (χ1) is 12.4. The molecule has 1 amide bonds. The summed E-state index contributed by atoms with van der Waals surface area (Å²) >= 11 is 5.90. The predicted octanol–water partition coefficient (Wildman–Crippen LogP) is 2.52. The number of likely N-dealkylation sites (N-methyl/N-ethyl adjacent to an activating group) is 2. The van der Waals surface area contributed by atoms with Crippen molar-refractivity contribution in [1.82, 2.24) is 19.9 Å². The quantitative estimate of drug-likeness (QED) is 0.709. The molecule has 136 valence electrons. The average molecular weight is 375 g/mol. The molecule has 0 unspecified atom stereocenters. The van der Waals surface area contributed by atoms with E-state index in [1.165, 1.54) is 12.4 Å². The van der Waals surface area contributed by atoms with E-state index < -0.39 is 5.91 Å². The molecule has 0 fully saturated rings. The Morgan fingerprint density at radius 2 is 1.96 bits per heavy atom. The van der Waals surface area contributed by atoms with Crippen molar-refractivity contribution in [2.24, 2.45) is 0 Å². The lowest BCUT2D eigenvalue weighted by atomic mass is 10.2. The molecule has 2 aromatic heterocycles. The van der Waals surface area contributed by atoms with Crippen LogP contribution in [0.2, 0.25) is 5.15 Å². The second-order valence-electron chi connectivity index (χ2n) is 6.05. The van der Waals surface area contributed by atoms with Crippen LogP contribution in [-0.2, 0) is 0 Å². The number of carbonyl (C=O) groups excluding carboxylic acids is 1. The van der Waals surface area contributed by atoms with Gasteiger partial charge in [0.15, 0.2) is 16.4 Å². The lowest BCUT2D eigenvalue weighted by molar-refractivity contribution is 0.102. The maximum absolute atomic E-state index is 12.3. The van der Waals surface area contributed by atoms with E-state index in [1.807, 2.05) is 26.0 Å². The molecular formula is C17H19ClN6O2. The maximum Gasteiger partial charge on any atom is 0.298 e. The van der Waals surface area contributed by atoms with Gasteiger partial charge in [-0.2, -0.15) is 4.98 Å². The number of hydrogen-bond acceptors (Lipinski definition) is 7. The normalized spacial score (nSPS) is 11.1. The van der Waals surface area contributed by atoms with Crippen LogP contribution in [0.15, 0.2) is 35.0 Å². The van der Waals surface area contributed by atoms with Crippen LogP contribution in [0.25, 0.3) is 11.1 Å². The van der Waals surface area contributed by atoms with Crippen LogP contribution < -0.4 is 10.2 Å². The molecule has 0 aliphatic rings. The predicted molar refractivity (Wildman–Crippen MR) is 101 cm³/mol. The summed E-state index contributed by atoms with van der Waals surface area (Å²) in [6.07, 6.45) is 2.84. The summed E-state index contributed by atoms with van der Waals surface area (Å²) in [5.74, 6) is -0.436. The molecule has 2 heterocycles. The Balaban J connectivity index is 1.77. The van der Waals surface area contributed by atoms with Crippen LogP contribution in [0.3, 0.4) is 0 Å². The van der Waals surface area contributed by atoms with E-state index in [1.54, 1.807) is 18.2 Å². The van der Waals surface area contributed by atoms with E-state index in [9.17, 15) is 4.79 Å². The minimum absolute atomic E-state index is 0.0531. The number of halogens is 1. The molecule has 0 aliphatic carbocycles. The van der Waals surface area contributed by atoms with E-state index >= 15 is 0 Å².